The Balaban J connectivity index is 1.57. The van der Waals surface area contributed by atoms with Crippen molar-refractivity contribution in [2.45, 2.75) is 26.3 Å². The van der Waals surface area contributed by atoms with Crippen LogP contribution in [0.1, 0.15) is 34.3 Å². The number of aryl methyl sites for hydroxylation is 1. The lowest BCUT2D eigenvalue weighted by Gasteiger charge is -2.31. The summed E-state index contributed by atoms with van der Waals surface area (Å²) in [6.07, 6.45) is 1.94. The van der Waals surface area contributed by atoms with Gasteiger partial charge in [-0.15, -0.1) is 0 Å². The van der Waals surface area contributed by atoms with Crippen molar-refractivity contribution in [2.24, 2.45) is 5.92 Å². The average molecular weight is 293 g/mol. The Morgan fingerprint density at radius 3 is 2.32 bits per heavy atom. The van der Waals surface area contributed by atoms with Crippen molar-refractivity contribution in [2.75, 3.05) is 13.1 Å². The van der Waals surface area contributed by atoms with Crippen molar-refractivity contribution in [3.05, 3.63) is 71.3 Å². The molecule has 1 heterocycles. The average Bonchev–Trinajstić information content (AvgIpc) is 2.58. The summed E-state index contributed by atoms with van der Waals surface area (Å²) in [7, 11) is 0. The van der Waals surface area contributed by atoms with Crippen molar-refractivity contribution in [1.82, 2.24) is 4.90 Å². The molecule has 22 heavy (non-hydrogen) atoms. The Hall–Kier alpha value is -1.93. The molecule has 0 amide bonds. The van der Waals surface area contributed by atoms with E-state index in [0.717, 1.165) is 38.0 Å². The minimum absolute atomic E-state index is 0.190. The summed E-state index contributed by atoms with van der Waals surface area (Å²) in [5, 5.41) is 0. The van der Waals surface area contributed by atoms with Gasteiger partial charge in [0.25, 0.3) is 0 Å². The molecular formula is C20H23NO. The molecule has 114 valence electrons. The third-order valence-electron chi connectivity index (χ3n) is 4.67. The number of ketones is 1. The summed E-state index contributed by atoms with van der Waals surface area (Å²) in [6, 6.07) is 18.3. The van der Waals surface area contributed by atoms with E-state index in [1.165, 1.54) is 11.1 Å². The highest BCUT2D eigenvalue weighted by molar-refractivity contribution is 5.97. The topological polar surface area (TPSA) is 20.3 Å². The van der Waals surface area contributed by atoms with E-state index >= 15 is 0 Å². The summed E-state index contributed by atoms with van der Waals surface area (Å²) < 4.78 is 0. The van der Waals surface area contributed by atoms with E-state index in [9.17, 15) is 4.79 Å². The van der Waals surface area contributed by atoms with Crippen LogP contribution in [0.2, 0.25) is 0 Å². The Labute approximate surface area is 132 Å². The zero-order chi connectivity index (χ0) is 15.4. The molecule has 0 bridgehead atoms. The molecule has 0 saturated carbocycles. The number of nitrogens with zero attached hydrogens (tertiary/aromatic N) is 1. The van der Waals surface area contributed by atoms with E-state index in [1.54, 1.807) is 0 Å². The monoisotopic (exact) mass is 293 g/mol. The standard InChI is InChI=1S/C20H23NO/c1-16-7-5-6-10-19(16)15-21-13-11-18(12-14-21)20(22)17-8-3-2-4-9-17/h2-10,18H,11-15H2,1H3. The molecule has 1 aliphatic heterocycles. The molecule has 0 N–H and O–H groups in total. The zero-order valence-corrected chi connectivity index (χ0v) is 13.2. The second-order valence-corrected chi connectivity index (χ2v) is 6.21. The number of hydrogen-bond acceptors (Lipinski definition) is 2. The predicted molar refractivity (Wildman–Crippen MR) is 90.0 cm³/mol. The maximum Gasteiger partial charge on any atom is 0.166 e. The molecule has 2 aromatic rings. The first-order valence-corrected chi connectivity index (χ1v) is 8.10. The van der Waals surface area contributed by atoms with Crippen LogP contribution >= 0.6 is 0 Å². The van der Waals surface area contributed by atoms with E-state index in [-0.39, 0.29) is 5.92 Å². The van der Waals surface area contributed by atoms with Gasteiger partial charge in [-0.25, -0.2) is 0 Å². The Morgan fingerprint density at radius 2 is 1.64 bits per heavy atom. The van der Waals surface area contributed by atoms with Crippen molar-refractivity contribution < 1.29 is 4.79 Å². The molecule has 2 heteroatoms. The van der Waals surface area contributed by atoms with Crippen molar-refractivity contribution >= 4 is 5.78 Å². The van der Waals surface area contributed by atoms with Crippen LogP contribution in [-0.2, 0) is 6.54 Å². The smallest absolute Gasteiger partial charge is 0.166 e. The molecule has 1 fully saturated rings. The minimum Gasteiger partial charge on any atom is -0.299 e. The maximum absolute atomic E-state index is 12.5. The first-order chi connectivity index (χ1) is 10.7. The van der Waals surface area contributed by atoms with Gasteiger partial charge in [-0.3, -0.25) is 9.69 Å². The van der Waals surface area contributed by atoms with Crippen molar-refractivity contribution in [3.8, 4) is 0 Å². The largest absolute Gasteiger partial charge is 0.299 e. The second kappa shape index (κ2) is 6.89. The minimum atomic E-state index is 0.190. The number of benzene rings is 2. The third-order valence-corrected chi connectivity index (χ3v) is 4.67. The number of rotatable bonds is 4. The molecule has 0 atom stereocenters. The fraction of sp³-hybridized carbons (Fsp3) is 0.350. The lowest BCUT2D eigenvalue weighted by Crippen LogP contribution is -2.36. The van der Waals surface area contributed by atoms with Crippen LogP contribution in [0.4, 0.5) is 0 Å². The molecule has 0 unspecified atom stereocenters. The van der Waals surface area contributed by atoms with Gasteiger partial charge in [0.2, 0.25) is 0 Å². The van der Waals surface area contributed by atoms with E-state index in [0.29, 0.717) is 5.78 Å². The van der Waals surface area contributed by atoms with Crippen molar-refractivity contribution in [1.29, 1.82) is 0 Å². The maximum atomic E-state index is 12.5. The van der Waals surface area contributed by atoms with Crippen molar-refractivity contribution in [3.63, 3.8) is 0 Å². The molecule has 2 nitrogen and oxygen atoms in total. The molecule has 3 rings (SSSR count). The summed E-state index contributed by atoms with van der Waals surface area (Å²) in [6.45, 7) is 5.19. The molecule has 0 spiro atoms. The van der Waals surface area contributed by atoms with Crippen LogP contribution in [0.5, 0.6) is 0 Å². The predicted octanol–water partition coefficient (Wildman–Crippen LogP) is 4.09. The van der Waals surface area contributed by atoms with Crippen LogP contribution < -0.4 is 0 Å². The molecule has 0 radical (unpaired) electrons. The van der Waals surface area contributed by atoms with Crippen LogP contribution in [0.25, 0.3) is 0 Å². The first-order valence-electron chi connectivity index (χ1n) is 8.10. The lowest BCUT2D eigenvalue weighted by molar-refractivity contribution is 0.0834. The number of hydrogen-bond donors (Lipinski definition) is 0. The fourth-order valence-corrected chi connectivity index (χ4v) is 3.22. The molecule has 0 aromatic heterocycles. The van der Waals surface area contributed by atoms with E-state index in [1.807, 2.05) is 30.3 Å². The Bertz CT molecular complexity index is 627. The van der Waals surface area contributed by atoms with Crippen LogP contribution in [0.3, 0.4) is 0 Å². The van der Waals surface area contributed by atoms with Crippen LogP contribution in [-0.4, -0.2) is 23.8 Å². The van der Waals surface area contributed by atoms with E-state index in [2.05, 4.69) is 36.1 Å². The molecule has 2 aromatic carbocycles. The van der Waals surface area contributed by atoms with Gasteiger partial charge in [0.1, 0.15) is 0 Å². The van der Waals surface area contributed by atoms with Gasteiger partial charge in [-0.05, 0) is 44.0 Å². The Kier molecular flexibility index (Phi) is 4.69. The summed E-state index contributed by atoms with van der Waals surface area (Å²) in [4.78, 5) is 15.0. The van der Waals surface area contributed by atoms with Crippen LogP contribution in [0.15, 0.2) is 54.6 Å². The highest BCUT2D eigenvalue weighted by atomic mass is 16.1. The second-order valence-electron chi connectivity index (χ2n) is 6.21. The van der Waals surface area contributed by atoms with Crippen LogP contribution in [0, 0.1) is 12.8 Å². The molecule has 1 aliphatic rings. The highest BCUT2D eigenvalue weighted by Gasteiger charge is 2.25. The first kappa shape index (κ1) is 15.0. The molecule has 0 aliphatic carbocycles. The number of likely N-dealkylation sites (tertiary alicyclic amines) is 1. The zero-order valence-electron chi connectivity index (χ0n) is 13.2. The van der Waals surface area contributed by atoms with Gasteiger partial charge in [0.05, 0.1) is 0 Å². The summed E-state index contributed by atoms with van der Waals surface area (Å²) in [5.41, 5.74) is 3.61. The number of carbonyl (C=O) groups excluding carboxylic acids is 1. The number of carbonyl (C=O) groups is 1. The van der Waals surface area contributed by atoms with Gasteiger partial charge in [-0.1, -0.05) is 54.6 Å². The van der Waals surface area contributed by atoms with Gasteiger partial charge < -0.3 is 0 Å². The van der Waals surface area contributed by atoms with E-state index in [4.69, 9.17) is 0 Å². The number of piperidine rings is 1. The van der Waals surface area contributed by atoms with E-state index < -0.39 is 0 Å². The van der Waals surface area contributed by atoms with Gasteiger partial charge in [0, 0.05) is 18.0 Å². The summed E-state index contributed by atoms with van der Waals surface area (Å²) >= 11 is 0. The highest BCUT2D eigenvalue weighted by Crippen LogP contribution is 2.23. The third kappa shape index (κ3) is 3.45. The quantitative estimate of drug-likeness (QED) is 0.791. The van der Waals surface area contributed by atoms with Gasteiger partial charge in [-0.2, -0.15) is 0 Å². The summed E-state index contributed by atoms with van der Waals surface area (Å²) in [5.74, 6) is 0.506. The SMILES string of the molecule is Cc1ccccc1CN1CCC(C(=O)c2ccccc2)CC1. The number of Topliss-reactive ketones (excluding diaryl/α,β-unsaturated/α-hetero) is 1. The lowest BCUT2D eigenvalue weighted by atomic mass is 9.88. The fourth-order valence-electron chi connectivity index (χ4n) is 3.22. The van der Waals surface area contributed by atoms with Gasteiger partial charge >= 0.3 is 0 Å². The van der Waals surface area contributed by atoms with Gasteiger partial charge in [0.15, 0.2) is 5.78 Å². The molecular weight excluding hydrogens is 270 g/mol. The normalized spacial score (nSPS) is 16.6. The Morgan fingerprint density at radius 1 is 1.00 bits per heavy atom. The molecule has 1 saturated heterocycles.